The first-order chi connectivity index (χ1) is 21.2. The Morgan fingerprint density at radius 1 is 0.558 bits per heavy atom. The Morgan fingerprint density at radius 2 is 0.977 bits per heavy atom. The van der Waals surface area contributed by atoms with Crippen molar-refractivity contribution < 1.29 is 19.1 Å². The second-order valence-corrected chi connectivity index (χ2v) is 10.6. The fourth-order valence-electron chi connectivity index (χ4n) is 4.68. The van der Waals surface area contributed by atoms with Crippen LogP contribution in [0.15, 0.2) is 91.0 Å². The Hall–Kier alpha value is -3.88. The topological polar surface area (TPSA) is 97.1 Å². The summed E-state index contributed by atoms with van der Waals surface area (Å²) in [7, 11) is 0. The maximum absolute atomic E-state index is 13.0. The molecular weight excluding hydrogens is 540 g/mol. The fourth-order valence-corrected chi connectivity index (χ4v) is 4.68. The predicted octanol–water partition coefficient (Wildman–Crippen LogP) is 6.01. The van der Waals surface area contributed by atoms with Gasteiger partial charge in [0, 0.05) is 26.2 Å². The molecular formula is C35H48N4O4. The van der Waals surface area contributed by atoms with Crippen LogP contribution in [0.1, 0.15) is 48.8 Å². The SMILES string of the molecule is NCCCN(CCCCN(CCCNCCCc1ccccc1)C(=O)OCc1ccccc1)C(=O)OCc1ccccc1. The number of aryl methyl sites for hydroxylation is 1. The quantitative estimate of drug-likeness (QED) is 0.157. The molecule has 0 saturated heterocycles. The minimum Gasteiger partial charge on any atom is -0.445 e. The second-order valence-electron chi connectivity index (χ2n) is 10.6. The van der Waals surface area contributed by atoms with Crippen molar-refractivity contribution in [1.82, 2.24) is 15.1 Å². The normalized spacial score (nSPS) is 10.7. The third kappa shape index (κ3) is 14.2. The first kappa shape index (κ1) is 33.6. The number of hydrogen-bond acceptors (Lipinski definition) is 6. The van der Waals surface area contributed by atoms with E-state index in [0.717, 1.165) is 56.3 Å². The number of nitrogens with two attached hydrogens (primary N) is 1. The molecule has 8 nitrogen and oxygen atoms in total. The molecule has 0 bridgehead atoms. The maximum Gasteiger partial charge on any atom is 0.410 e. The molecule has 0 aliphatic rings. The lowest BCUT2D eigenvalue weighted by molar-refractivity contribution is 0.0896. The zero-order valence-corrected chi connectivity index (χ0v) is 25.4. The van der Waals surface area contributed by atoms with E-state index in [0.29, 0.717) is 39.1 Å². The summed E-state index contributed by atoms with van der Waals surface area (Å²) < 4.78 is 11.2. The van der Waals surface area contributed by atoms with Gasteiger partial charge in [-0.15, -0.1) is 0 Å². The summed E-state index contributed by atoms with van der Waals surface area (Å²) in [4.78, 5) is 29.3. The number of nitrogens with one attached hydrogen (secondary N) is 1. The number of hydrogen-bond donors (Lipinski definition) is 2. The number of unbranched alkanes of at least 4 members (excludes halogenated alkanes) is 1. The van der Waals surface area contributed by atoms with Crippen molar-refractivity contribution in [2.45, 2.75) is 51.7 Å². The molecule has 3 aromatic carbocycles. The Morgan fingerprint density at radius 3 is 1.47 bits per heavy atom. The van der Waals surface area contributed by atoms with Gasteiger partial charge in [0.1, 0.15) is 13.2 Å². The number of benzene rings is 3. The summed E-state index contributed by atoms with van der Waals surface area (Å²) in [5.74, 6) is 0. The number of nitrogens with zero attached hydrogens (tertiary/aromatic N) is 2. The van der Waals surface area contributed by atoms with Crippen molar-refractivity contribution >= 4 is 12.2 Å². The van der Waals surface area contributed by atoms with E-state index in [9.17, 15) is 9.59 Å². The summed E-state index contributed by atoms with van der Waals surface area (Å²) in [5, 5.41) is 3.50. The molecule has 0 aliphatic heterocycles. The molecule has 0 atom stereocenters. The van der Waals surface area contributed by atoms with Crippen LogP contribution in [-0.2, 0) is 29.1 Å². The van der Waals surface area contributed by atoms with Gasteiger partial charge in [0.2, 0.25) is 0 Å². The van der Waals surface area contributed by atoms with Gasteiger partial charge in [-0.05, 0) is 74.8 Å². The Labute approximate surface area is 257 Å². The number of ether oxygens (including phenoxy) is 2. The van der Waals surface area contributed by atoms with Crippen molar-refractivity contribution in [2.24, 2.45) is 5.73 Å². The summed E-state index contributed by atoms with van der Waals surface area (Å²) in [6.45, 7) is 5.01. The highest BCUT2D eigenvalue weighted by molar-refractivity contribution is 5.68. The average molecular weight is 589 g/mol. The summed E-state index contributed by atoms with van der Waals surface area (Å²) in [5.41, 5.74) is 8.97. The zero-order chi connectivity index (χ0) is 30.4. The summed E-state index contributed by atoms with van der Waals surface area (Å²) in [6, 6.07) is 29.9. The number of rotatable bonds is 20. The van der Waals surface area contributed by atoms with Crippen LogP contribution in [0.3, 0.4) is 0 Å². The van der Waals surface area contributed by atoms with Crippen molar-refractivity contribution in [3.05, 3.63) is 108 Å². The number of amides is 2. The van der Waals surface area contributed by atoms with Gasteiger partial charge >= 0.3 is 12.2 Å². The first-order valence-electron chi connectivity index (χ1n) is 15.5. The van der Waals surface area contributed by atoms with E-state index in [2.05, 4.69) is 29.6 Å². The van der Waals surface area contributed by atoms with Gasteiger partial charge in [0.15, 0.2) is 0 Å². The van der Waals surface area contributed by atoms with Gasteiger partial charge in [-0.1, -0.05) is 91.0 Å². The molecule has 3 aromatic rings. The first-order valence-corrected chi connectivity index (χ1v) is 15.5. The zero-order valence-electron chi connectivity index (χ0n) is 25.4. The van der Waals surface area contributed by atoms with E-state index in [-0.39, 0.29) is 25.4 Å². The highest BCUT2D eigenvalue weighted by atomic mass is 16.6. The van der Waals surface area contributed by atoms with Crippen molar-refractivity contribution in [2.75, 3.05) is 45.8 Å². The van der Waals surface area contributed by atoms with Crippen LogP contribution in [0.5, 0.6) is 0 Å². The Balaban J connectivity index is 1.42. The summed E-state index contributed by atoms with van der Waals surface area (Å²) >= 11 is 0. The molecule has 3 N–H and O–H groups in total. The van der Waals surface area contributed by atoms with E-state index >= 15 is 0 Å². The molecule has 2 amide bonds. The van der Waals surface area contributed by atoms with Gasteiger partial charge < -0.3 is 30.3 Å². The lowest BCUT2D eigenvalue weighted by atomic mass is 10.1. The van der Waals surface area contributed by atoms with Gasteiger partial charge in [-0.3, -0.25) is 0 Å². The fraction of sp³-hybridized carbons (Fsp3) is 0.429. The molecule has 3 rings (SSSR count). The van der Waals surface area contributed by atoms with Crippen LogP contribution in [0.2, 0.25) is 0 Å². The van der Waals surface area contributed by atoms with Crippen molar-refractivity contribution in [3.63, 3.8) is 0 Å². The minimum atomic E-state index is -0.338. The largest absolute Gasteiger partial charge is 0.445 e. The molecule has 0 saturated carbocycles. The van der Waals surface area contributed by atoms with Crippen molar-refractivity contribution in [3.8, 4) is 0 Å². The third-order valence-electron chi connectivity index (χ3n) is 7.11. The molecule has 0 fully saturated rings. The molecule has 0 heterocycles. The Bertz CT molecular complexity index is 1150. The van der Waals surface area contributed by atoms with E-state index in [1.54, 1.807) is 9.80 Å². The highest BCUT2D eigenvalue weighted by Crippen LogP contribution is 2.09. The lowest BCUT2D eigenvalue weighted by Crippen LogP contribution is -2.36. The maximum atomic E-state index is 13.0. The van der Waals surface area contributed by atoms with Gasteiger partial charge in [0.05, 0.1) is 0 Å². The van der Waals surface area contributed by atoms with Crippen LogP contribution in [0, 0.1) is 0 Å². The third-order valence-corrected chi connectivity index (χ3v) is 7.11. The van der Waals surface area contributed by atoms with E-state index < -0.39 is 0 Å². The lowest BCUT2D eigenvalue weighted by Gasteiger charge is -2.24. The number of carbonyl (C=O) groups excluding carboxylic acids is 2. The van der Waals surface area contributed by atoms with Crippen LogP contribution in [-0.4, -0.2) is 67.8 Å². The van der Waals surface area contributed by atoms with E-state index in [1.807, 2.05) is 66.7 Å². The van der Waals surface area contributed by atoms with Crippen LogP contribution in [0.4, 0.5) is 9.59 Å². The minimum absolute atomic E-state index is 0.236. The molecule has 0 aliphatic carbocycles. The smallest absolute Gasteiger partial charge is 0.410 e. The van der Waals surface area contributed by atoms with Crippen LogP contribution >= 0.6 is 0 Å². The van der Waals surface area contributed by atoms with Gasteiger partial charge in [0.25, 0.3) is 0 Å². The van der Waals surface area contributed by atoms with Gasteiger partial charge in [-0.2, -0.15) is 0 Å². The highest BCUT2D eigenvalue weighted by Gasteiger charge is 2.17. The standard InChI is InChI=1S/C35H48N4O4/c36-22-13-27-38(34(40)42-29-32-17-6-2-7-18-32)25-10-11-26-39(35(41)43-30-33-19-8-3-9-20-33)28-14-24-37-23-12-21-31-15-4-1-5-16-31/h1-9,15-20,37H,10-14,21-30,36H2. The second kappa shape index (κ2) is 20.9. The molecule has 0 radical (unpaired) electrons. The summed E-state index contributed by atoms with van der Waals surface area (Å²) in [6.07, 6.45) is 4.50. The predicted molar refractivity (Wildman–Crippen MR) is 172 cm³/mol. The molecule has 0 spiro atoms. The monoisotopic (exact) mass is 588 g/mol. The van der Waals surface area contributed by atoms with E-state index in [1.165, 1.54) is 5.56 Å². The molecule has 232 valence electrons. The molecule has 8 heteroatoms. The molecule has 43 heavy (non-hydrogen) atoms. The van der Waals surface area contributed by atoms with Gasteiger partial charge in [-0.25, -0.2) is 9.59 Å². The average Bonchev–Trinajstić information content (AvgIpc) is 3.05. The van der Waals surface area contributed by atoms with Crippen LogP contribution < -0.4 is 11.1 Å². The molecule has 0 aromatic heterocycles. The van der Waals surface area contributed by atoms with E-state index in [4.69, 9.17) is 15.2 Å². The molecule has 0 unspecified atom stereocenters. The van der Waals surface area contributed by atoms with Crippen molar-refractivity contribution in [1.29, 1.82) is 0 Å². The number of carbonyl (C=O) groups is 2. The van der Waals surface area contributed by atoms with Crippen LogP contribution in [0.25, 0.3) is 0 Å². The Kier molecular flexibility index (Phi) is 16.3.